The van der Waals surface area contributed by atoms with Gasteiger partial charge in [-0.1, -0.05) is 42.5 Å². The van der Waals surface area contributed by atoms with E-state index in [1.54, 1.807) is 37.3 Å². The summed E-state index contributed by atoms with van der Waals surface area (Å²) in [5.41, 5.74) is 0.843. The number of carbonyl (C=O) groups is 1. The molecule has 0 amide bonds. The number of carbonyl (C=O) groups excluding carboxylic acids is 1. The summed E-state index contributed by atoms with van der Waals surface area (Å²) in [6.45, 7) is 3.99. The van der Waals surface area contributed by atoms with Crippen LogP contribution in [0.1, 0.15) is 18.2 Å². The summed E-state index contributed by atoms with van der Waals surface area (Å²) >= 11 is 0. The van der Waals surface area contributed by atoms with Gasteiger partial charge in [-0.05, 0) is 43.7 Å². The summed E-state index contributed by atoms with van der Waals surface area (Å²) in [6, 6.07) is 21.1. The minimum atomic E-state index is -0.401. The molecule has 0 saturated heterocycles. The number of fused-ring (bicyclic) bond motifs is 1. The minimum absolute atomic E-state index is 0.0819. The lowest BCUT2D eigenvalue weighted by atomic mass is 10.1. The molecule has 6 nitrogen and oxygen atoms in total. The van der Waals surface area contributed by atoms with E-state index < -0.39 is 5.97 Å². The number of hydrogen-bond donors (Lipinski definition) is 0. The van der Waals surface area contributed by atoms with Crippen molar-refractivity contribution in [1.29, 1.82) is 0 Å². The van der Waals surface area contributed by atoms with E-state index in [1.807, 2.05) is 43.3 Å². The van der Waals surface area contributed by atoms with Crippen LogP contribution >= 0.6 is 0 Å². The molecule has 0 aliphatic carbocycles. The highest BCUT2D eigenvalue weighted by Crippen LogP contribution is 2.33. The Labute approximate surface area is 185 Å². The van der Waals surface area contributed by atoms with Gasteiger partial charge in [0.1, 0.15) is 17.1 Å². The molecule has 1 aromatic heterocycles. The Bertz CT molecular complexity index is 1310. The van der Waals surface area contributed by atoms with E-state index in [-0.39, 0.29) is 17.6 Å². The van der Waals surface area contributed by atoms with E-state index in [0.717, 1.165) is 5.56 Å². The number of esters is 1. The Morgan fingerprint density at radius 1 is 0.938 bits per heavy atom. The lowest BCUT2D eigenvalue weighted by Gasteiger charge is -2.13. The van der Waals surface area contributed by atoms with Crippen molar-refractivity contribution in [3.63, 3.8) is 0 Å². The molecule has 4 aromatic rings. The summed E-state index contributed by atoms with van der Waals surface area (Å²) in [4.78, 5) is 25.3. The summed E-state index contributed by atoms with van der Waals surface area (Å²) in [6.07, 6.45) is 0.147. The molecule has 0 aliphatic heterocycles. The van der Waals surface area contributed by atoms with E-state index in [0.29, 0.717) is 40.6 Å². The van der Waals surface area contributed by atoms with Crippen LogP contribution in [-0.2, 0) is 11.2 Å². The van der Waals surface area contributed by atoms with Gasteiger partial charge in [0.15, 0.2) is 11.5 Å². The first-order chi connectivity index (χ1) is 15.5. The summed E-state index contributed by atoms with van der Waals surface area (Å²) in [5.74, 6) is 1.25. The molecule has 0 atom stereocenters. The van der Waals surface area contributed by atoms with Crippen LogP contribution in [-0.4, -0.2) is 12.6 Å². The zero-order valence-corrected chi connectivity index (χ0v) is 17.8. The Hall–Kier alpha value is -4.06. The summed E-state index contributed by atoms with van der Waals surface area (Å²) < 4.78 is 22.7. The third kappa shape index (κ3) is 4.64. The van der Waals surface area contributed by atoms with Crippen molar-refractivity contribution in [3.8, 4) is 23.0 Å². The van der Waals surface area contributed by atoms with Crippen molar-refractivity contribution in [2.24, 2.45) is 0 Å². The van der Waals surface area contributed by atoms with Crippen LogP contribution < -0.4 is 19.6 Å². The van der Waals surface area contributed by atoms with Crippen molar-refractivity contribution in [2.75, 3.05) is 6.61 Å². The maximum atomic E-state index is 13.1. The first kappa shape index (κ1) is 21.2. The molecule has 1 heterocycles. The Morgan fingerprint density at radius 3 is 2.41 bits per heavy atom. The molecule has 0 radical (unpaired) electrons. The van der Waals surface area contributed by atoms with Crippen molar-refractivity contribution in [2.45, 2.75) is 20.3 Å². The quantitative estimate of drug-likeness (QED) is 0.287. The molecule has 0 unspecified atom stereocenters. The van der Waals surface area contributed by atoms with Crippen molar-refractivity contribution < 1.29 is 23.4 Å². The smallest absolute Gasteiger partial charge is 0.315 e. The molecular weight excluding hydrogens is 408 g/mol. The van der Waals surface area contributed by atoms with Crippen LogP contribution in [0.4, 0.5) is 0 Å². The topological polar surface area (TPSA) is 75.0 Å². The SMILES string of the molecule is CCOc1ccccc1Oc1c(C)oc2cc(OC(=O)Cc3ccccc3)ccc2c1=O. The van der Waals surface area contributed by atoms with Gasteiger partial charge < -0.3 is 18.6 Å². The lowest BCUT2D eigenvalue weighted by molar-refractivity contribution is -0.133. The fraction of sp³-hybridized carbons (Fsp3) is 0.154. The van der Waals surface area contributed by atoms with Gasteiger partial charge in [-0.25, -0.2) is 0 Å². The van der Waals surface area contributed by atoms with Crippen LogP contribution in [0.5, 0.6) is 23.0 Å². The maximum absolute atomic E-state index is 13.1. The second-order valence-electron chi connectivity index (χ2n) is 7.09. The van der Waals surface area contributed by atoms with Crippen LogP contribution in [0.25, 0.3) is 11.0 Å². The van der Waals surface area contributed by atoms with Gasteiger partial charge >= 0.3 is 5.97 Å². The molecule has 162 valence electrons. The summed E-state index contributed by atoms with van der Waals surface area (Å²) in [7, 11) is 0. The molecule has 0 spiro atoms. The van der Waals surface area contributed by atoms with Gasteiger partial charge in [0.2, 0.25) is 11.2 Å². The zero-order chi connectivity index (χ0) is 22.5. The predicted octanol–water partition coefficient (Wildman–Crippen LogP) is 5.44. The molecule has 0 saturated carbocycles. The molecule has 3 aromatic carbocycles. The van der Waals surface area contributed by atoms with E-state index in [2.05, 4.69) is 0 Å². The highest BCUT2D eigenvalue weighted by atomic mass is 16.5. The van der Waals surface area contributed by atoms with Crippen LogP contribution in [0.15, 0.2) is 82.0 Å². The van der Waals surface area contributed by atoms with Gasteiger partial charge in [0, 0.05) is 6.07 Å². The normalized spacial score (nSPS) is 10.7. The molecule has 0 aliphatic rings. The average molecular weight is 430 g/mol. The molecule has 32 heavy (non-hydrogen) atoms. The number of para-hydroxylation sites is 2. The maximum Gasteiger partial charge on any atom is 0.315 e. The van der Waals surface area contributed by atoms with Crippen LogP contribution in [0.2, 0.25) is 0 Å². The minimum Gasteiger partial charge on any atom is -0.490 e. The number of rotatable bonds is 7. The van der Waals surface area contributed by atoms with Crippen LogP contribution in [0.3, 0.4) is 0 Å². The van der Waals surface area contributed by atoms with Gasteiger partial charge in [-0.15, -0.1) is 0 Å². The Balaban J connectivity index is 1.60. The third-order valence-electron chi connectivity index (χ3n) is 4.77. The van der Waals surface area contributed by atoms with Crippen LogP contribution in [0, 0.1) is 6.92 Å². The Morgan fingerprint density at radius 2 is 1.66 bits per heavy atom. The predicted molar refractivity (Wildman–Crippen MR) is 121 cm³/mol. The first-order valence-corrected chi connectivity index (χ1v) is 10.3. The molecule has 0 bridgehead atoms. The number of aryl methyl sites for hydroxylation is 1. The molecule has 0 fully saturated rings. The fourth-order valence-corrected chi connectivity index (χ4v) is 3.30. The van der Waals surface area contributed by atoms with Crippen molar-refractivity contribution in [3.05, 3.63) is 94.3 Å². The highest BCUT2D eigenvalue weighted by molar-refractivity contribution is 5.81. The molecular formula is C26H22O6. The largest absolute Gasteiger partial charge is 0.490 e. The summed E-state index contributed by atoms with van der Waals surface area (Å²) in [5, 5.41) is 0.322. The number of ether oxygens (including phenoxy) is 3. The Kier molecular flexibility index (Phi) is 6.22. The number of benzene rings is 3. The van der Waals surface area contributed by atoms with Gasteiger partial charge in [-0.3, -0.25) is 9.59 Å². The average Bonchev–Trinajstić information content (AvgIpc) is 2.78. The molecule has 4 rings (SSSR count). The standard InChI is InChI=1S/C26H22O6/c1-3-29-21-11-7-8-12-22(21)32-26-17(2)30-23-16-19(13-14-20(23)25(26)28)31-24(27)15-18-9-5-4-6-10-18/h4-14,16H,3,15H2,1-2H3. The monoisotopic (exact) mass is 430 g/mol. The fourth-order valence-electron chi connectivity index (χ4n) is 3.30. The first-order valence-electron chi connectivity index (χ1n) is 10.3. The van der Waals surface area contributed by atoms with E-state index in [9.17, 15) is 9.59 Å². The second-order valence-corrected chi connectivity index (χ2v) is 7.09. The van der Waals surface area contributed by atoms with Crippen molar-refractivity contribution >= 4 is 16.9 Å². The second kappa shape index (κ2) is 9.39. The van der Waals surface area contributed by atoms with Gasteiger partial charge in [0.05, 0.1) is 18.4 Å². The lowest BCUT2D eigenvalue weighted by Crippen LogP contribution is -2.12. The van der Waals surface area contributed by atoms with Crippen molar-refractivity contribution in [1.82, 2.24) is 0 Å². The third-order valence-corrected chi connectivity index (χ3v) is 4.77. The van der Waals surface area contributed by atoms with E-state index in [1.165, 1.54) is 6.07 Å². The molecule has 0 N–H and O–H groups in total. The number of hydrogen-bond acceptors (Lipinski definition) is 6. The zero-order valence-electron chi connectivity index (χ0n) is 17.8. The highest BCUT2D eigenvalue weighted by Gasteiger charge is 2.17. The van der Waals surface area contributed by atoms with E-state index in [4.69, 9.17) is 18.6 Å². The van der Waals surface area contributed by atoms with E-state index >= 15 is 0 Å². The molecule has 6 heteroatoms. The van der Waals surface area contributed by atoms with Gasteiger partial charge in [-0.2, -0.15) is 0 Å². The van der Waals surface area contributed by atoms with Gasteiger partial charge in [0.25, 0.3) is 0 Å².